The molecule has 1 amide bonds. The molecule has 3 rings (SSSR count). The van der Waals surface area contributed by atoms with Gasteiger partial charge in [-0.25, -0.2) is 14.6 Å². The van der Waals surface area contributed by atoms with Crippen LogP contribution in [0.3, 0.4) is 0 Å². The molecule has 1 fully saturated rings. The molecule has 0 atom stereocenters. The normalized spacial score (nSPS) is 15.2. The number of amides is 1. The molecule has 0 unspecified atom stereocenters. The summed E-state index contributed by atoms with van der Waals surface area (Å²) in [6.45, 7) is 9.27. The maximum atomic E-state index is 11.6. The summed E-state index contributed by atoms with van der Waals surface area (Å²) in [6.07, 6.45) is 8.79. The molecule has 0 radical (unpaired) electrons. The van der Waals surface area contributed by atoms with Crippen molar-refractivity contribution in [3.05, 3.63) is 18.3 Å². The molecule has 0 bridgehead atoms. The van der Waals surface area contributed by atoms with Gasteiger partial charge in [0, 0.05) is 24.9 Å². The minimum atomic E-state index is -0.0892. The van der Waals surface area contributed by atoms with Gasteiger partial charge in [-0.15, -0.1) is 0 Å². The molecular formula is C19H28N6OS. The topological polar surface area (TPSA) is 75.9 Å². The Morgan fingerprint density at radius 1 is 1.30 bits per heavy atom. The van der Waals surface area contributed by atoms with Gasteiger partial charge in [-0.3, -0.25) is 4.79 Å². The number of nitrogens with zero attached hydrogens (tertiary/aromatic N) is 5. The average Bonchev–Trinajstić information content (AvgIpc) is 3.04. The average molecular weight is 389 g/mol. The van der Waals surface area contributed by atoms with Crippen molar-refractivity contribution < 1.29 is 4.79 Å². The van der Waals surface area contributed by atoms with Gasteiger partial charge in [0.2, 0.25) is 5.91 Å². The number of aromatic nitrogens is 4. The predicted molar refractivity (Wildman–Crippen MR) is 110 cm³/mol. The van der Waals surface area contributed by atoms with Crippen LogP contribution in [0.4, 0.5) is 5.82 Å². The lowest BCUT2D eigenvalue weighted by molar-refractivity contribution is -0.116. The van der Waals surface area contributed by atoms with Crippen LogP contribution in [0, 0.1) is 0 Å². The van der Waals surface area contributed by atoms with E-state index in [4.69, 9.17) is 9.97 Å². The highest BCUT2D eigenvalue weighted by Crippen LogP contribution is 2.30. The first-order valence-corrected chi connectivity index (χ1v) is 10.5. The first-order chi connectivity index (χ1) is 13.1. The fourth-order valence-corrected chi connectivity index (χ4v) is 3.89. The summed E-state index contributed by atoms with van der Waals surface area (Å²) in [4.78, 5) is 23.6. The van der Waals surface area contributed by atoms with Crippen LogP contribution in [-0.2, 0) is 11.3 Å². The van der Waals surface area contributed by atoms with Gasteiger partial charge in [-0.05, 0) is 32.3 Å². The molecule has 0 spiro atoms. The van der Waals surface area contributed by atoms with Gasteiger partial charge < -0.3 is 10.2 Å². The highest BCUT2D eigenvalue weighted by atomic mass is 32.2. The molecule has 0 aliphatic carbocycles. The van der Waals surface area contributed by atoms with E-state index in [1.807, 2.05) is 17.8 Å². The smallest absolute Gasteiger partial charge is 0.243 e. The zero-order valence-corrected chi connectivity index (χ0v) is 17.1. The number of piperidine rings is 1. The molecule has 8 heteroatoms. The van der Waals surface area contributed by atoms with Crippen molar-refractivity contribution in [2.75, 3.05) is 24.5 Å². The second-order valence-corrected chi connectivity index (χ2v) is 8.48. The second kappa shape index (κ2) is 9.21. The van der Waals surface area contributed by atoms with Crippen LogP contribution < -0.4 is 10.2 Å². The van der Waals surface area contributed by atoms with Crippen LogP contribution >= 0.6 is 11.8 Å². The lowest BCUT2D eigenvalue weighted by Crippen LogP contribution is -2.30. The molecule has 7 nitrogen and oxygen atoms in total. The van der Waals surface area contributed by atoms with Crippen LogP contribution in [0.25, 0.3) is 11.0 Å². The van der Waals surface area contributed by atoms with E-state index < -0.39 is 0 Å². The van der Waals surface area contributed by atoms with Crippen molar-refractivity contribution in [2.24, 2.45) is 0 Å². The van der Waals surface area contributed by atoms with E-state index in [0.717, 1.165) is 35.1 Å². The molecule has 1 N–H and O–H groups in total. The van der Waals surface area contributed by atoms with E-state index >= 15 is 0 Å². The number of allylic oxidation sites excluding steroid dienone is 1. The quantitative estimate of drug-likeness (QED) is 0.446. The summed E-state index contributed by atoms with van der Waals surface area (Å²) >= 11 is 1.67. The number of hydrogen-bond donors (Lipinski definition) is 1. The zero-order chi connectivity index (χ0) is 19.2. The van der Waals surface area contributed by atoms with Crippen LogP contribution in [0.1, 0.15) is 40.0 Å². The van der Waals surface area contributed by atoms with E-state index in [-0.39, 0.29) is 5.91 Å². The first kappa shape index (κ1) is 19.7. The molecule has 146 valence electrons. The number of carbonyl (C=O) groups excluding carboxylic acids is 1. The summed E-state index contributed by atoms with van der Waals surface area (Å²) in [6, 6.07) is 0. The van der Waals surface area contributed by atoms with Crippen molar-refractivity contribution in [1.29, 1.82) is 0 Å². The number of hydrogen-bond acceptors (Lipinski definition) is 6. The van der Waals surface area contributed by atoms with Gasteiger partial charge >= 0.3 is 0 Å². The third-order valence-electron chi connectivity index (χ3n) is 4.39. The summed E-state index contributed by atoms with van der Waals surface area (Å²) in [7, 11) is 0. The van der Waals surface area contributed by atoms with Crippen LogP contribution in [0.2, 0.25) is 0 Å². The highest BCUT2D eigenvalue weighted by Gasteiger charge is 2.20. The van der Waals surface area contributed by atoms with Gasteiger partial charge in [0.25, 0.3) is 0 Å². The van der Waals surface area contributed by atoms with E-state index in [2.05, 4.69) is 29.2 Å². The molecule has 2 aromatic rings. The number of nitrogens with one attached hydrogen (secondary N) is 1. The lowest BCUT2D eigenvalue weighted by atomic mass is 10.1. The molecular weight excluding hydrogens is 360 g/mol. The molecule has 3 heterocycles. The van der Waals surface area contributed by atoms with E-state index in [9.17, 15) is 4.79 Å². The Hall–Kier alpha value is -2.09. The second-order valence-electron chi connectivity index (χ2n) is 6.94. The number of thioether (sulfide) groups is 1. The van der Waals surface area contributed by atoms with Gasteiger partial charge in [0.1, 0.15) is 5.82 Å². The van der Waals surface area contributed by atoms with Crippen LogP contribution in [-0.4, -0.2) is 50.5 Å². The Kier molecular flexibility index (Phi) is 6.71. The zero-order valence-electron chi connectivity index (χ0n) is 16.3. The first-order valence-electron chi connectivity index (χ1n) is 9.64. The Morgan fingerprint density at radius 3 is 2.78 bits per heavy atom. The highest BCUT2D eigenvalue weighted by molar-refractivity contribution is 7.99. The third kappa shape index (κ3) is 5.00. The van der Waals surface area contributed by atoms with Crippen LogP contribution in [0.15, 0.2) is 23.5 Å². The monoisotopic (exact) mass is 388 g/mol. The lowest BCUT2D eigenvalue weighted by Gasteiger charge is -2.28. The minimum absolute atomic E-state index is 0.0892. The molecule has 0 aromatic carbocycles. The predicted octanol–water partition coefficient (Wildman–Crippen LogP) is 3.01. The Balaban J connectivity index is 1.88. The third-order valence-corrected chi connectivity index (χ3v) is 5.26. The fraction of sp³-hybridized carbons (Fsp3) is 0.579. The summed E-state index contributed by atoms with van der Waals surface area (Å²) in [5.41, 5.74) is 0.842. The molecule has 1 aliphatic heterocycles. The Bertz CT molecular complexity index is 810. The Labute approximate surface area is 164 Å². The largest absolute Gasteiger partial charge is 0.356 e. The fourth-order valence-electron chi connectivity index (χ4n) is 3.19. The maximum absolute atomic E-state index is 11.6. The summed E-state index contributed by atoms with van der Waals surface area (Å²) in [5.74, 6) is 0.903. The van der Waals surface area contributed by atoms with Crippen molar-refractivity contribution >= 4 is 34.5 Å². The van der Waals surface area contributed by atoms with Crippen molar-refractivity contribution in [2.45, 2.75) is 57.0 Å². The van der Waals surface area contributed by atoms with Gasteiger partial charge in [0.05, 0.1) is 18.1 Å². The molecule has 0 saturated carbocycles. The van der Waals surface area contributed by atoms with Crippen molar-refractivity contribution in [3.63, 3.8) is 0 Å². The van der Waals surface area contributed by atoms with Gasteiger partial charge in [0.15, 0.2) is 10.8 Å². The van der Waals surface area contributed by atoms with Gasteiger partial charge in [-0.1, -0.05) is 31.7 Å². The minimum Gasteiger partial charge on any atom is -0.356 e. The molecule has 27 heavy (non-hydrogen) atoms. The SMILES string of the molecule is C/C=C\C(=O)NCCn1ncc2c(N3CCCCC3)nc(SC(C)C)nc21. The number of fused-ring (bicyclic) bond motifs is 1. The number of rotatable bonds is 7. The standard InChI is InChI=1S/C19H28N6OS/c1-4-8-16(26)20-9-12-25-18-15(13-21-25)17(24-10-6-5-7-11-24)22-19(23-18)27-14(2)3/h4,8,13-14H,5-7,9-12H2,1-3H3,(H,20,26)/b8-4-. The molecule has 1 saturated heterocycles. The van der Waals surface area contributed by atoms with E-state index in [1.54, 1.807) is 17.8 Å². The Morgan fingerprint density at radius 2 is 2.07 bits per heavy atom. The van der Waals surface area contributed by atoms with Crippen molar-refractivity contribution in [1.82, 2.24) is 25.1 Å². The summed E-state index contributed by atoms with van der Waals surface area (Å²) in [5, 5.41) is 9.58. The summed E-state index contributed by atoms with van der Waals surface area (Å²) < 4.78 is 1.87. The maximum Gasteiger partial charge on any atom is 0.243 e. The van der Waals surface area contributed by atoms with E-state index in [1.165, 1.54) is 25.3 Å². The van der Waals surface area contributed by atoms with Gasteiger partial charge in [-0.2, -0.15) is 5.10 Å². The number of anilines is 1. The van der Waals surface area contributed by atoms with E-state index in [0.29, 0.717) is 18.3 Å². The number of carbonyl (C=O) groups is 1. The molecule has 2 aromatic heterocycles. The molecule has 1 aliphatic rings. The van der Waals surface area contributed by atoms with Crippen molar-refractivity contribution in [3.8, 4) is 0 Å². The van der Waals surface area contributed by atoms with Crippen LogP contribution in [0.5, 0.6) is 0 Å².